The molecule has 0 aromatic carbocycles. The third-order valence-corrected chi connectivity index (χ3v) is 2.56. The zero-order chi connectivity index (χ0) is 12.8. The predicted octanol–water partition coefficient (Wildman–Crippen LogP) is 3.28. The van der Waals surface area contributed by atoms with Crippen molar-refractivity contribution < 1.29 is 4.79 Å². The first kappa shape index (κ1) is 14.8. The molecule has 0 aliphatic rings. The van der Waals surface area contributed by atoms with Gasteiger partial charge < -0.3 is 4.79 Å². The Morgan fingerprint density at radius 1 is 1.31 bits per heavy atom. The molecular formula is C12H21N3O. The monoisotopic (exact) mass is 223 g/mol. The van der Waals surface area contributed by atoms with Gasteiger partial charge in [0.15, 0.2) is 5.54 Å². The average Bonchev–Trinajstić information content (AvgIpc) is 2.24. The van der Waals surface area contributed by atoms with E-state index in [0.717, 1.165) is 0 Å². The minimum Gasteiger partial charge on any atom is -0.300 e. The normalized spacial score (nSPS) is 15.8. The van der Waals surface area contributed by atoms with Gasteiger partial charge in [-0.2, -0.15) is 15.5 Å². The van der Waals surface area contributed by atoms with Crippen molar-refractivity contribution in [1.82, 2.24) is 0 Å². The Morgan fingerprint density at radius 3 is 2.25 bits per heavy atom. The molecule has 0 saturated carbocycles. The summed E-state index contributed by atoms with van der Waals surface area (Å²) < 4.78 is 0. The number of azo groups is 1. The minimum absolute atomic E-state index is 0.154. The van der Waals surface area contributed by atoms with Crippen LogP contribution in [0.5, 0.6) is 0 Å². The van der Waals surface area contributed by atoms with Crippen molar-refractivity contribution in [3.8, 4) is 6.07 Å². The van der Waals surface area contributed by atoms with E-state index in [1.807, 2.05) is 20.8 Å². The highest BCUT2D eigenvalue weighted by Crippen LogP contribution is 2.21. The van der Waals surface area contributed by atoms with Crippen molar-refractivity contribution in [2.45, 2.75) is 65.0 Å². The van der Waals surface area contributed by atoms with Gasteiger partial charge in [0.1, 0.15) is 5.78 Å². The molecule has 0 saturated heterocycles. The van der Waals surface area contributed by atoms with E-state index in [-0.39, 0.29) is 11.3 Å². The molecule has 1 atom stereocenters. The van der Waals surface area contributed by atoms with Crippen LogP contribution >= 0.6 is 0 Å². The molecule has 0 fully saturated rings. The highest BCUT2D eigenvalue weighted by Gasteiger charge is 2.23. The van der Waals surface area contributed by atoms with E-state index in [1.54, 1.807) is 13.8 Å². The first-order chi connectivity index (χ1) is 7.24. The van der Waals surface area contributed by atoms with Gasteiger partial charge in [-0.15, -0.1) is 0 Å². The highest BCUT2D eigenvalue weighted by atomic mass is 16.1. The molecule has 4 nitrogen and oxygen atoms in total. The minimum atomic E-state index is -0.743. The lowest BCUT2D eigenvalue weighted by molar-refractivity contribution is -0.117. The number of nitriles is 1. The van der Waals surface area contributed by atoms with E-state index < -0.39 is 5.54 Å². The van der Waals surface area contributed by atoms with E-state index in [9.17, 15) is 4.79 Å². The van der Waals surface area contributed by atoms with Crippen LogP contribution in [0.2, 0.25) is 0 Å². The first-order valence-corrected chi connectivity index (χ1v) is 5.59. The van der Waals surface area contributed by atoms with Crippen LogP contribution in [0.1, 0.15) is 53.9 Å². The second kappa shape index (κ2) is 5.74. The number of rotatable bonds is 6. The molecule has 0 amide bonds. The lowest BCUT2D eigenvalue weighted by atomic mass is 9.98. The summed E-state index contributed by atoms with van der Waals surface area (Å²) in [4.78, 5) is 10.9. The number of carbonyl (C=O) groups is 1. The molecule has 0 aliphatic heterocycles. The van der Waals surface area contributed by atoms with Gasteiger partial charge in [-0.1, -0.05) is 6.92 Å². The molecule has 1 unspecified atom stereocenters. The zero-order valence-electron chi connectivity index (χ0n) is 10.9. The summed E-state index contributed by atoms with van der Waals surface area (Å²) in [5.74, 6) is 0.154. The van der Waals surface area contributed by atoms with Gasteiger partial charge >= 0.3 is 0 Å². The van der Waals surface area contributed by atoms with Gasteiger partial charge in [0.05, 0.1) is 11.6 Å². The Hall–Kier alpha value is -1.24. The van der Waals surface area contributed by atoms with Crippen molar-refractivity contribution in [1.29, 1.82) is 5.26 Å². The van der Waals surface area contributed by atoms with E-state index in [4.69, 9.17) is 5.26 Å². The molecular weight excluding hydrogens is 202 g/mol. The molecule has 0 heterocycles. The lowest BCUT2D eigenvalue weighted by Crippen LogP contribution is -2.22. The van der Waals surface area contributed by atoms with Crippen LogP contribution in [0.25, 0.3) is 0 Å². The number of Topliss-reactive ketones (excluding diaryl/α,β-unsaturated/α-hetero) is 1. The SMILES string of the molecule is CCC(C)(C#N)N=NC(C)(C)CCC(C)=O. The Labute approximate surface area is 97.8 Å². The van der Waals surface area contributed by atoms with Crippen LogP contribution in [-0.2, 0) is 4.79 Å². The summed E-state index contributed by atoms with van der Waals surface area (Å²) in [7, 11) is 0. The Bertz CT molecular complexity index is 315. The highest BCUT2D eigenvalue weighted by molar-refractivity contribution is 5.75. The predicted molar refractivity (Wildman–Crippen MR) is 63.2 cm³/mol. The Kier molecular flexibility index (Phi) is 5.29. The third-order valence-electron chi connectivity index (χ3n) is 2.56. The summed E-state index contributed by atoms with van der Waals surface area (Å²) in [6.07, 6.45) is 1.80. The molecule has 4 heteroatoms. The quantitative estimate of drug-likeness (QED) is 0.648. The average molecular weight is 223 g/mol. The van der Waals surface area contributed by atoms with E-state index >= 15 is 0 Å². The van der Waals surface area contributed by atoms with Crippen LogP contribution in [0.3, 0.4) is 0 Å². The number of carbonyl (C=O) groups excluding carboxylic acids is 1. The van der Waals surface area contributed by atoms with Crippen LogP contribution in [-0.4, -0.2) is 16.9 Å². The van der Waals surface area contributed by atoms with Crippen LogP contribution < -0.4 is 0 Å². The topological polar surface area (TPSA) is 65.6 Å². The number of nitrogens with zero attached hydrogens (tertiary/aromatic N) is 3. The Morgan fingerprint density at radius 2 is 1.88 bits per heavy atom. The summed E-state index contributed by atoms with van der Waals surface area (Å²) in [5.41, 5.74) is -1.12. The molecule has 0 rings (SSSR count). The summed E-state index contributed by atoms with van der Waals surface area (Å²) in [6, 6.07) is 2.14. The van der Waals surface area contributed by atoms with Crippen LogP contribution in [0, 0.1) is 11.3 Å². The van der Waals surface area contributed by atoms with Gasteiger partial charge in [-0.25, -0.2) is 0 Å². The molecule has 0 spiro atoms. The van der Waals surface area contributed by atoms with E-state index in [2.05, 4.69) is 16.3 Å². The molecule has 0 N–H and O–H groups in total. The van der Waals surface area contributed by atoms with Gasteiger partial charge in [-0.3, -0.25) is 0 Å². The number of hydrogen-bond donors (Lipinski definition) is 0. The smallest absolute Gasteiger partial charge is 0.164 e. The lowest BCUT2D eigenvalue weighted by Gasteiger charge is -2.20. The molecule has 0 bridgehead atoms. The standard InChI is InChI=1S/C12H21N3O/c1-6-12(5,9-13)15-14-11(3,4)8-7-10(2)16/h6-8H2,1-5H3. The number of ketones is 1. The molecule has 0 aromatic heterocycles. The first-order valence-electron chi connectivity index (χ1n) is 5.59. The zero-order valence-corrected chi connectivity index (χ0v) is 10.9. The number of hydrogen-bond acceptors (Lipinski definition) is 4. The maximum absolute atomic E-state index is 10.9. The van der Waals surface area contributed by atoms with Gasteiger partial charge in [0, 0.05) is 6.42 Å². The van der Waals surface area contributed by atoms with Crippen LogP contribution in [0.15, 0.2) is 10.2 Å². The van der Waals surface area contributed by atoms with Gasteiger partial charge in [-0.05, 0) is 40.5 Å². The third kappa shape index (κ3) is 5.59. The second-order valence-corrected chi connectivity index (χ2v) is 4.95. The molecule has 0 radical (unpaired) electrons. The summed E-state index contributed by atoms with van der Waals surface area (Å²) in [6.45, 7) is 9.08. The second-order valence-electron chi connectivity index (χ2n) is 4.95. The fourth-order valence-corrected chi connectivity index (χ4v) is 0.950. The van der Waals surface area contributed by atoms with Crippen LogP contribution in [0.4, 0.5) is 0 Å². The fraction of sp³-hybridized carbons (Fsp3) is 0.833. The molecule has 16 heavy (non-hydrogen) atoms. The van der Waals surface area contributed by atoms with Crippen molar-refractivity contribution in [3.63, 3.8) is 0 Å². The summed E-state index contributed by atoms with van der Waals surface area (Å²) in [5, 5.41) is 17.2. The molecule has 90 valence electrons. The maximum atomic E-state index is 10.9. The maximum Gasteiger partial charge on any atom is 0.164 e. The van der Waals surface area contributed by atoms with Crippen molar-refractivity contribution in [3.05, 3.63) is 0 Å². The molecule has 0 aromatic rings. The largest absolute Gasteiger partial charge is 0.300 e. The van der Waals surface area contributed by atoms with Gasteiger partial charge in [0.25, 0.3) is 0 Å². The fourth-order valence-electron chi connectivity index (χ4n) is 0.950. The molecule has 0 aliphatic carbocycles. The van der Waals surface area contributed by atoms with Crippen molar-refractivity contribution >= 4 is 5.78 Å². The Balaban J connectivity index is 4.51. The summed E-state index contributed by atoms with van der Waals surface area (Å²) >= 11 is 0. The van der Waals surface area contributed by atoms with E-state index in [0.29, 0.717) is 19.3 Å². The van der Waals surface area contributed by atoms with E-state index in [1.165, 1.54) is 0 Å². The van der Waals surface area contributed by atoms with Crippen molar-refractivity contribution in [2.75, 3.05) is 0 Å². The van der Waals surface area contributed by atoms with Gasteiger partial charge in [0.2, 0.25) is 0 Å². The van der Waals surface area contributed by atoms with Crippen molar-refractivity contribution in [2.24, 2.45) is 10.2 Å².